The van der Waals surface area contributed by atoms with Crippen LogP contribution in [0.3, 0.4) is 0 Å². The van der Waals surface area contributed by atoms with E-state index >= 15 is 0 Å². The molecule has 0 saturated carbocycles. The number of hydrogen-bond donors (Lipinski definition) is 1. The molecule has 2 N–H and O–H groups in total. The van der Waals surface area contributed by atoms with E-state index in [0.29, 0.717) is 19.6 Å². The average molecular weight is 239 g/mol. The molecule has 0 amide bonds. The summed E-state index contributed by atoms with van der Waals surface area (Å²) < 4.78 is 5.29. The van der Waals surface area contributed by atoms with Gasteiger partial charge in [-0.25, -0.2) is 0 Å². The summed E-state index contributed by atoms with van der Waals surface area (Å²) in [6, 6.07) is 3.92. The van der Waals surface area contributed by atoms with Crippen LogP contribution >= 0.6 is 11.3 Å². The molecule has 1 aromatic rings. The zero-order chi connectivity index (χ0) is 11.6. The first-order valence-electron chi connectivity index (χ1n) is 5.52. The molecule has 2 atom stereocenters. The van der Waals surface area contributed by atoms with Gasteiger partial charge in [0.2, 0.25) is 0 Å². The zero-order valence-electron chi connectivity index (χ0n) is 9.44. The summed E-state index contributed by atoms with van der Waals surface area (Å²) in [4.78, 5) is 13.4. The van der Waals surface area contributed by atoms with Crippen molar-refractivity contribution in [2.75, 3.05) is 13.2 Å². The molecule has 16 heavy (non-hydrogen) atoms. The molecule has 0 aromatic carbocycles. The van der Waals surface area contributed by atoms with Crippen molar-refractivity contribution in [3.05, 3.63) is 22.4 Å². The molecule has 2 unspecified atom stereocenters. The fraction of sp³-hybridized carbons (Fsp3) is 0.583. The van der Waals surface area contributed by atoms with E-state index in [4.69, 9.17) is 10.5 Å². The lowest BCUT2D eigenvalue weighted by molar-refractivity contribution is -0.128. The molecule has 0 spiro atoms. The molecule has 88 valence electrons. The van der Waals surface area contributed by atoms with Crippen molar-refractivity contribution < 1.29 is 9.53 Å². The minimum atomic E-state index is -0.475. The Morgan fingerprint density at radius 2 is 2.56 bits per heavy atom. The summed E-state index contributed by atoms with van der Waals surface area (Å²) in [7, 11) is 0. The predicted molar refractivity (Wildman–Crippen MR) is 64.5 cm³/mol. The maximum atomic E-state index is 12.1. The maximum Gasteiger partial charge on any atom is 0.143 e. The Balaban J connectivity index is 1.93. The number of Topliss-reactive ketones (excluding diaryl/α,β-unsaturated/α-hetero) is 1. The van der Waals surface area contributed by atoms with E-state index in [-0.39, 0.29) is 11.8 Å². The van der Waals surface area contributed by atoms with Crippen LogP contribution in [0.1, 0.15) is 18.2 Å². The van der Waals surface area contributed by atoms with Crippen LogP contribution < -0.4 is 5.73 Å². The monoisotopic (exact) mass is 239 g/mol. The quantitative estimate of drug-likeness (QED) is 0.868. The van der Waals surface area contributed by atoms with Crippen molar-refractivity contribution in [2.24, 2.45) is 11.1 Å². The first kappa shape index (κ1) is 11.8. The molecule has 1 aromatic heterocycles. The van der Waals surface area contributed by atoms with Gasteiger partial charge in [-0.2, -0.15) is 0 Å². The molecule has 1 aliphatic heterocycles. The Morgan fingerprint density at radius 1 is 1.75 bits per heavy atom. The van der Waals surface area contributed by atoms with Crippen molar-refractivity contribution in [2.45, 2.75) is 25.8 Å². The summed E-state index contributed by atoms with van der Waals surface area (Å²) in [5.74, 6) is 0.228. The van der Waals surface area contributed by atoms with Gasteiger partial charge in [0.05, 0.1) is 18.6 Å². The van der Waals surface area contributed by atoms with E-state index in [9.17, 15) is 4.79 Å². The molecule has 0 aliphatic carbocycles. The number of ketones is 1. The summed E-state index contributed by atoms with van der Waals surface area (Å²) in [6.07, 6.45) is 1.38. The fourth-order valence-electron chi connectivity index (χ4n) is 1.95. The fourth-order valence-corrected chi connectivity index (χ4v) is 2.66. The molecule has 0 bridgehead atoms. The predicted octanol–water partition coefficient (Wildman–Crippen LogP) is 1.61. The first-order chi connectivity index (χ1) is 7.63. The number of carbonyl (C=O) groups is 1. The number of hydrogen-bond acceptors (Lipinski definition) is 4. The van der Waals surface area contributed by atoms with E-state index < -0.39 is 5.41 Å². The lowest BCUT2D eigenvalue weighted by Crippen LogP contribution is -2.44. The Kier molecular flexibility index (Phi) is 3.42. The molecular weight excluding hydrogens is 222 g/mol. The van der Waals surface area contributed by atoms with Crippen molar-refractivity contribution in [3.8, 4) is 0 Å². The van der Waals surface area contributed by atoms with Crippen molar-refractivity contribution in [1.29, 1.82) is 0 Å². The van der Waals surface area contributed by atoms with Gasteiger partial charge in [-0.15, -0.1) is 11.3 Å². The van der Waals surface area contributed by atoms with E-state index in [0.717, 1.165) is 6.42 Å². The van der Waals surface area contributed by atoms with Gasteiger partial charge in [-0.05, 0) is 24.8 Å². The second-order valence-electron chi connectivity index (χ2n) is 4.54. The number of carbonyl (C=O) groups excluding carboxylic acids is 1. The Bertz CT molecular complexity index is 363. The van der Waals surface area contributed by atoms with Crippen LogP contribution in [-0.2, 0) is 16.0 Å². The van der Waals surface area contributed by atoms with E-state index in [1.165, 1.54) is 4.88 Å². The van der Waals surface area contributed by atoms with Crippen LogP contribution in [0.4, 0.5) is 0 Å². The van der Waals surface area contributed by atoms with Crippen molar-refractivity contribution in [3.63, 3.8) is 0 Å². The third-order valence-corrected chi connectivity index (χ3v) is 4.27. The number of rotatable bonds is 4. The number of thiophene rings is 1. The molecule has 2 rings (SSSR count). The Hall–Kier alpha value is -0.710. The largest absolute Gasteiger partial charge is 0.379 e. The SMILES string of the molecule is CC1(C(=O)CCc2cccs2)COCC1N. The van der Waals surface area contributed by atoms with Gasteiger partial charge in [-0.3, -0.25) is 4.79 Å². The van der Waals surface area contributed by atoms with Crippen LogP contribution in [0.25, 0.3) is 0 Å². The highest BCUT2D eigenvalue weighted by atomic mass is 32.1. The maximum absolute atomic E-state index is 12.1. The van der Waals surface area contributed by atoms with E-state index in [1.54, 1.807) is 11.3 Å². The smallest absolute Gasteiger partial charge is 0.143 e. The third kappa shape index (κ3) is 2.19. The van der Waals surface area contributed by atoms with Gasteiger partial charge in [0, 0.05) is 17.3 Å². The van der Waals surface area contributed by atoms with Crippen LogP contribution in [0.5, 0.6) is 0 Å². The van der Waals surface area contributed by atoms with Crippen LogP contribution in [0.15, 0.2) is 17.5 Å². The van der Waals surface area contributed by atoms with Gasteiger partial charge in [0.25, 0.3) is 0 Å². The van der Waals surface area contributed by atoms with Crippen LogP contribution in [-0.4, -0.2) is 25.0 Å². The molecular formula is C12H17NO2S. The lowest BCUT2D eigenvalue weighted by atomic mass is 9.79. The number of nitrogens with two attached hydrogens (primary N) is 1. The minimum absolute atomic E-state index is 0.150. The molecule has 3 nitrogen and oxygen atoms in total. The molecule has 1 aliphatic rings. The average Bonchev–Trinajstić information content (AvgIpc) is 2.87. The van der Waals surface area contributed by atoms with Gasteiger partial charge < -0.3 is 10.5 Å². The number of aryl methyl sites for hydroxylation is 1. The summed E-state index contributed by atoms with van der Waals surface area (Å²) in [5, 5.41) is 2.03. The minimum Gasteiger partial charge on any atom is -0.379 e. The standard InChI is InChI=1S/C12H17NO2S/c1-12(8-15-7-10(12)13)11(14)5-4-9-3-2-6-16-9/h2-3,6,10H,4-5,7-8,13H2,1H3. The van der Waals surface area contributed by atoms with E-state index in [2.05, 4.69) is 6.07 Å². The van der Waals surface area contributed by atoms with Gasteiger partial charge in [0.15, 0.2) is 0 Å². The van der Waals surface area contributed by atoms with Crippen LogP contribution in [0.2, 0.25) is 0 Å². The van der Waals surface area contributed by atoms with Crippen molar-refractivity contribution in [1.82, 2.24) is 0 Å². The molecule has 4 heteroatoms. The first-order valence-corrected chi connectivity index (χ1v) is 6.40. The summed E-state index contributed by atoms with van der Waals surface area (Å²) >= 11 is 1.69. The highest BCUT2D eigenvalue weighted by Crippen LogP contribution is 2.30. The van der Waals surface area contributed by atoms with E-state index in [1.807, 2.05) is 18.4 Å². The number of ether oxygens (including phenoxy) is 1. The highest BCUT2D eigenvalue weighted by Gasteiger charge is 2.43. The van der Waals surface area contributed by atoms with Gasteiger partial charge in [-0.1, -0.05) is 6.07 Å². The van der Waals surface area contributed by atoms with Crippen LogP contribution in [0, 0.1) is 5.41 Å². The zero-order valence-corrected chi connectivity index (χ0v) is 10.3. The summed E-state index contributed by atoms with van der Waals surface area (Å²) in [6.45, 7) is 2.89. The Labute approximate surface area is 99.6 Å². The van der Waals surface area contributed by atoms with Crippen molar-refractivity contribution >= 4 is 17.1 Å². The second-order valence-corrected chi connectivity index (χ2v) is 5.57. The third-order valence-electron chi connectivity index (χ3n) is 3.33. The lowest BCUT2D eigenvalue weighted by Gasteiger charge is -2.24. The van der Waals surface area contributed by atoms with Gasteiger partial charge >= 0.3 is 0 Å². The molecule has 1 fully saturated rings. The normalized spacial score (nSPS) is 29.5. The molecule has 0 radical (unpaired) electrons. The topological polar surface area (TPSA) is 52.3 Å². The Morgan fingerprint density at radius 3 is 3.12 bits per heavy atom. The van der Waals surface area contributed by atoms with Gasteiger partial charge in [0.1, 0.15) is 5.78 Å². The molecule has 2 heterocycles. The second kappa shape index (κ2) is 4.65. The highest BCUT2D eigenvalue weighted by molar-refractivity contribution is 7.09. The molecule has 1 saturated heterocycles. The summed E-state index contributed by atoms with van der Waals surface area (Å²) in [5.41, 5.74) is 5.44.